The molecule has 1 saturated heterocycles. The molecule has 1 atom stereocenters. The zero-order chi connectivity index (χ0) is 24.1. The first-order chi connectivity index (χ1) is 16.4. The maximum Gasteiger partial charge on any atom is 0.243 e. The third-order valence-corrected chi connectivity index (χ3v) is 6.49. The van der Waals surface area contributed by atoms with Gasteiger partial charge in [0.15, 0.2) is 0 Å². The molecule has 34 heavy (non-hydrogen) atoms. The van der Waals surface area contributed by atoms with Crippen molar-refractivity contribution < 1.29 is 14.3 Å². The van der Waals surface area contributed by atoms with Crippen LogP contribution in [0.5, 0.6) is 5.75 Å². The smallest absolute Gasteiger partial charge is 0.243 e. The van der Waals surface area contributed by atoms with Gasteiger partial charge in [0, 0.05) is 34.3 Å². The number of benzene rings is 3. The normalized spacial score (nSPS) is 15.3. The number of nitrogens with zero attached hydrogens (tertiary/aromatic N) is 1. The quantitative estimate of drug-likeness (QED) is 0.395. The van der Waals surface area contributed by atoms with Crippen molar-refractivity contribution in [3.05, 3.63) is 87.9 Å². The molecule has 1 fully saturated rings. The number of hydrogen-bond donors (Lipinski definition) is 2. The van der Waals surface area contributed by atoms with E-state index in [1.54, 1.807) is 47.4 Å². The molecule has 1 aliphatic rings. The van der Waals surface area contributed by atoms with E-state index >= 15 is 0 Å². The summed E-state index contributed by atoms with van der Waals surface area (Å²) in [7, 11) is 0. The average molecular weight is 498 g/mol. The second kappa shape index (κ2) is 10.8. The van der Waals surface area contributed by atoms with Crippen LogP contribution in [-0.4, -0.2) is 18.4 Å². The van der Waals surface area contributed by atoms with Crippen LogP contribution >= 0.6 is 23.2 Å². The molecule has 1 aliphatic heterocycles. The fourth-order valence-electron chi connectivity index (χ4n) is 3.74. The van der Waals surface area contributed by atoms with E-state index in [0.717, 1.165) is 17.7 Å². The van der Waals surface area contributed by atoms with E-state index in [1.807, 2.05) is 24.3 Å². The van der Waals surface area contributed by atoms with Crippen LogP contribution in [-0.2, 0) is 22.6 Å². The molecule has 0 spiro atoms. The number of hydrazine groups is 1. The fraction of sp³-hybridized carbons (Fsp3) is 0.231. The van der Waals surface area contributed by atoms with Crippen LogP contribution in [0.1, 0.15) is 24.5 Å². The molecule has 8 heteroatoms. The molecule has 3 aromatic rings. The van der Waals surface area contributed by atoms with Crippen molar-refractivity contribution in [2.75, 3.05) is 16.9 Å². The SMILES string of the molecule is CCc1ccc(N2C[C@H](C(=O)NNc3ccc(OCc4c(Cl)cccc4Cl)cc3)CC2=O)cc1. The molecule has 1 heterocycles. The molecular weight excluding hydrogens is 473 g/mol. The Morgan fingerprint density at radius 3 is 2.35 bits per heavy atom. The van der Waals surface area contributed by atoms with E-state index < -0.39 is 5.92 Å². The highest BCUT2D eigenvalue weighted by Gasteiger charge is 2.35. The number of anilines is 2. The average Bonchev–Trinajstić information content (AvgIpc) is 3.24. The lowest BCUT2D eigenvalue weighted by Gasteiger charge is -2.17. The minimum atomic E-state index is -0.422. The molecule has 2 N–H and O–H groups in total. The van der Waals surface area contributed by atoms with Gasteiger partial charge in [-0.25, -0.2) is 0 Å². The van der Waals surface area contributed by atoms with E-state index in [2.05, 4.69) is 17.8 Å². The van der Waals surface area contributed by atoms with Crippen molar-refractivity contribution in [3.8, 4) is 5.75 Å². The van der Waals surface area contributed by atoms with Gasteiger partial charge in [0.2, 0.25) is 11.8 Å². The van der Waals surface area contributed by atoms with E-state index in [1.165, 1.54) is 5.56 Å². The van der Waals surface area contributed by atoms with Gasteiger partial charge in [-0.15, -0.1) is 0 Å². The molecule has 6 nitrogen and oxygen atoms in total. The second-order valence-corrected chi connectivity index (χ2v) is 8.87. The fourth-order valence-corrected chi connectivity index (χ4v) is 4.25. The van der Waals surface area contributed by atoms with Crippen LogP contribution in [0, 0.1) is 5.92 Å². The summed E-state index contributed by atoms with van der Waals surface area (Å²) >= 11 is 12.3. The van der Waals surface area contributed by atoms with Crippen molar-refractivity contribution in [1.82, 2.24) is 5.43 Å². The highest BCUT2D eigenvalue weighted by molar-refractivity contribution is 6.35. The summed E-state index contributed by atoms with van der Waals surface area (Å²) in [5.41, 5.74) is 9.04. The highest BCUT2D eigenvalue weighted by Crippen LogP contribution is 2.27. The first-order valence-corrected chi connectivity index (χ1v) is 11.8. The lowest BCUT2D eigenvalue weighted by molar-refractivity contribution is -0.125. The van der Waals surface area contributed by atoms with Gasteiger partial charge in [-0.2, -0.15) is 0 Å². The molecule has 176 valence electrons. The topological polar surface area (TPSA) is 70.7 Å². The van der Waals surface area contributed by atoms with E-state index in [4.69, 9.17) is 27.9 Å². The number of rotatable bonds is 8. The van der Waals surface area contributed by atoms with Crippen molar-refractivity contribution in [1.29, 1.82) is 0 Å². The van der Waals surface area contributed by atoms with Gasteiger partial charge < -0.3 is 9.64 Å². The molecule has 0 aliphatic carbocycles. The van der Waals surface area contributed by atoms with Gasteiger partial charge in [-0.3, -0.25) is 20.4 Å². The molecule has 0 bridgehead atoms. The number of halogens is 2. The van der Waals surface area contributed by atoms with Gasteiger partial charge in [0.25, 0.3) is 0 Å². The molecule has 0 radical (unpaired) electrons. The van der Waals surface area contributed by atoms with Crippen LogP contribution in [0.4, 0.5) is 11.4 Å². The highest BCUT2D eigenvalue weighted by atomic mass is 35.5. The zero-order valence-electron chi connectivity index (χ0n) is 18.7. The van der Waals surface area contributed by atoms with E-state index in [-0.39, 0.29) is 24.8 Å². The van der Waals surface area contributed by atoms with Crippen molar-refractivity contribution in [3.63, 3.8) is 0 Å². The molecule has 4 rings (SSSR count). The maximum absolute atomic E-state index is 12.6. The summed E-state index contributed by atoms with van der Waals surface area (Å²) < 4.78 is 5.77. The van der Waals surface area contributed by atoms with Gasteiger partial charge in [-0.1, -0.05) is 48.3 Å². The Morgan fingerprint density at radius 2 is 1.71 bits per heavy atom. The third kappa shape index (κ3) is 5.64. The Balaban J connectivity index is 1.28. The Morgan fingerprint density at radius 1 is 1.03 bits per heavy atom. The first-order valence-electron chi connectivity index (χ1n) is 11.1. The Labute approximate surface area is 208 Å². The number of carbonyl (C=O) groups is 2. The minimum Gasteiger partial charge on any atom is -0.489 e. The first kappa shape index (κ1) is 23.9. The van der Waals surface area contributed by atoms with Crippen molar-refractivity contribution in [2.45, 2.75) is 26.4 Å². The van der Waals surface area contributed by atoms with Gasteiger partial charge in [0.05, 0.1) is 11.6 Å². The molecule has 3 aromatic carbocycles. The number of amides is 2. The molecular formula is C26H25Cl2N3O3. The monoisotopic (exact) mass is 497 g/mol. The van der Waals surface area contributed by atoms with Crippen LogP contribution in [0.2, 0.25) is 10.0 Å². The Hall–Kier alpha value is -3.22. The summed E-state index contributed by atoms with van der Waals surface area (Å²) in [6.07, 6.45) is 1.12. The predicted octanol–water partition coefficient (Wildman–Crippen LogP) is 5.63. The Bertz CT molecular complexity index is 1150. The minimum absolute atomic E-state index is 0.0514. The summed E-state index contributed by atoms with van der Waals surface area (Å²) in [4.78, 5) is 26.8. The number of aryl methyl sites for hydroxylation is 1. The Kier molecular flexibility index (Phi) is 7.60. The maximum atomic E-state index is 12.6. The van der Waals surface area contributed by atoms with Crippen molar-refractivity contribution in [2.24, 2.45) is 5.92 Å². The van der Waals surface area contributed by atoms with Crippen LogP contribution in [0.3, 0.4) is 0 Å². The van der Waals surface area contributed by atoms with Crippen LogP contribution in [0.15, 0.2) is 66.7 Å². The van der Waals surface area contributed by atoms with Gasteiger partial charge >= 0.3 is 0 Å². The molecule has 0 saturated carbocycles. The second-order valence-electron chi connectivity index (χ2n) is 8.05. The lowest BCUT2D eigenvalue weighted by atomic mass is 10.1. The number of hydrogen-bond acceptors (Lipinski definition) is 4. The largest absolute Gasteiger partial charge is 0.489 e. The lowest BCUT2D eigenvalue weighted by Crippen LogP contribution is -2.36. The summed E-state index contributed by atoms with van der Waals surface area (Å²) in [6.45, 7) is 2.69. The van der Waals surface area contributed by atoms with Crippen molar-refractivity contribution >= 4 is 46.4 Å². The third-order valence-electron chi connectivity index (χ3n) is 5.78. The predicted molar refractivity (Wildman–Crippen MR) is 135 cm³/mol. The van der Waals surface area contributed by atoms with Gasteiger partial charge in [-0.05, 0) is 60.5 Å². The standard InChI is InChI=1S/C26H25Cl2N3O3/c1-2-17-6-10-20(11-7-17)31-15-18(14-25(31)32)26(33)30-29-19-8-12-21(13-9-19)34-16-22-23(27)4-3-5-24(22)28/h3-13,18,29H,2,14-16H2,1H3,(H,30,33)/t18-/m1/s1. The summed E-state index contributed by atoms with van der Waals surface area (Å²) in [5, 5.41) is 1.10. The number of nitrogens with one attached hydrogen (secondary N) is 2. The molecule has 0 aromatic heterocycles. The van der Waals surface area contributed by atoms with Crippen LogP contribution < -0.4 is 20.5 Å². The summed E-state index contributed by atoms with van der Waals surface area (Å²) in [6, 6.07) is 20.3. The molecule has 2 amide bonds. The number of ether oxygens (including phenoxy) is 1. The zero-order valence-corrected chi connectivity index (χ0v) is 20.2. The van der Waals surface area contributed by atoms with E-state index in [9.17, 15) is 9.59 Å². The van der Waals surface area contributed by atoms with Gasteiger partial charge in [0.1, 0.15) is 12.4 Å². The number of carbonyl (C=O) groups excluding carboxylic acids is 2. The van der Waals surface area contributed by atoms with Crippen LogP contribution in [0.25, 0.3) is 0 Å². The molecule has 0 unspecified atom stereocenters. The summed E-state index contributed by atoms with van der Waals surface area (Å²) in [5.74, 6) is -0.0629. The van der Waals surface area contributed by atoms with E-state index in [0.29, 0.717) is 28.0 Å².